The van der Waals surface area contributed by atoms with E-state index >= 15 is 0 Å². The van der Waals surface area contributed by atoms with E-state index in [1.54, 1.807) is 6.92 Å². The van der Waals surface area contributed by atoms with E-state index < -0.39 is 11.6 Å². The van der Waals surface area contributed by atoms with Crippen molar-refractivity contribution in [2.24, 2.45) is 11.8 Å². The standard InChI is InChI=1S/C24H40O4/c1-4-7-8-9-10-12-15-20-17-18-22(25)21(20)16-13-11-14-19-24(27,5-2)23(26)28-6-3/h7-8,12,15,20-21,27H,4-6,9-11,13-14,16-19H2,1-3H3/t20-,21+,24?/m0/s1. The number of carbonyl (C=O) groups excluding carboxylic acids is 2. The van der Waals surface area contributed by atoms with Gasteiger partial charge in [0.15, 0.2) is 5.60 Å². The van der Waals surface area contributed by atoms with Gasteiger partial charge in [-0.25, -0.2) is 4.79 Å². The van der Waals surface area contributed by atoms with E-state index in [0.29, 0.717) is 31.0 Å². The topological polar surface area (TPSA) is 63.6 Å². The molecule has 0 radical (unpaired) electrons. The summed E-state index contributed by atoms with van der Waals surface area (Å²) >= 11 is 0. The molecule has 160 valence electrons. The zero-order valence-electron chi connectivity index (χ0n) is 18.1. The van der Waals surface area contributed by atoms with Crippen molar-refractivity contribution in [3.63, 3.8) is 0 Å². The number of aliphatic hydroxyl groups is 1. The molecule has 0 spiro atoms. The summed E-state index contributed by atoms with van der Waals surface area (Å²) in [6.45, 7) is 5.98. The SMILES string of the molecule is CCC=CCCC=C[C@H]1CCC(=O)[C@@H]1CCCCCC(O)(CC)C(=O)OCC. The van der Waals surface area contributed by atoms with Crippen LogP contribution in [0.1, 0.15) is 91.4 Å². The number of rotatable bonds is 14. The van der Waals surface area contributed by atoms with E-state index in [1.807, 2.05) is 6.92 Å². The summed E-state index contributed by atoms with van der Waals surface area (Å²) in [4.78, 5) is 24.2. The largest absolute Gasteiger partial charge is 0.464 e. The van der Waals surface area contributed by atoms with Crippen LogP contribution < -0.4 is 0 Å². The maximum Gasteiger partial charge on any atom is 0.338 e. The highest BCUT2D eigenvalue weighted by Gasteiger charge is 2.35. The first-order chi connectivity index (χ1) is 13.5. The van der Waals surface area contributed by atoms with Crippen LogP contribution in [0.15, 0.2) is 24.3 Å². The van der Waals surface area contributed by atoms with Crippen molar-refractivity contribution in [2.75, 3.05) is 6.61 Å². The van der Waals surface area contributed by atoms with Crippen molar-refractivity contribution in [1.29, 1.82) is 0 Å². The Bertz CT molecular complexity index is 523. The normalized spacial score (nSPS) is 22.2. The first-order valence-corrected chi connectivity index (χ1v) is 11.2. The molecule has 0 aliphatic heterocycles. The van der Waals surface area contributed by atoms with E-state index in [0.717, 1.165) is 51.4 Å². The maximum absolute atomic E-state index is 12.2. The van der Waals surface area contributed by atoms with Crippen molar-refractivity contribution < 1.29 is 19.4 Å². The predicted molar refractivity (Wildman–Crippen MR) is 114 cm³/mol. The average Bonchev–Trinajstić information content (AvgIpc) is 3.04. The monoisotopic (exact) mass is 392 g/mol. The molecule has 4 nitrogen and oxygen atoms in total. The summed E-state index contributed by atoms with van der Waals surface area (Å²) in [5.41, 5.74) is -1.36. The number of hydrogen-bond acceptors (Lipinski definition) is 4. The van der Waals surface area contributed by atoms with Gasteiger partial charge in [-0.05, 0) is 64.2 Å². The first-order valence-electron chi connectivity index (χ1n) is 11.2. The lowest BCUT2D eigenvalue weighted by atomic mass is 9.88. The van der Waals surface area contributed by atoms with E-state index in [2.05, 4.69) is 31.2 Å². The number of carbonyl (C=O) groups is 2. The molecule has 1 rings (SSSR count). The van der Waals surface area contributed by atoms with Gasteiger partial charge in [-0.2, -0.15) is 0 Å². The van der Waals surface area contributed by atoms with Gasteiger partial charge in [0.2, 0.25) is 0 Å². The van der Waals surface area contributed by atoms with Crippen LogP contribution >= 0.6 is 0 Å². The third-order valence-corrected chi connectivity index (χ3v) is 5.79. The number of esters is 1. The Kier molecular flexibility index (Phi) is 12.1. The third kappa shape index (κ3) is 8.30. The smallest absolute Gasteiger partial charge is 0.338 e. The van der Waals surface area contributed by atoms with E-state index in [-0.39, 0.29) is 12.5 Å². The van der Waals surface area contributed by atoms with Gasteiger partial charge >= 0.3 is 5.97 Å². The Morgan fingerprint density at radius 2 is 1.89 bits per heavy atom. The second-order valence-corrected chi connectivity index (χ2v) is 7.87. The summed E-state index contributed by atoms with van der Waals surface area (Å²) < 4.78 is 4.99. The van der Waals surface area contributed by atoms with Crippen molar-refractivity contribution in [3.8, 4) is 0 Å². The van der Waals surface area contributed by atoms with E-state index in [9.17, 15) is 14.7 Å². The van der Waals surface area contributed by atoms with Gasteiger partial charge in [-0.1, -0.05) is 51.0 Å². The Balaban J connectivity index is 2.35. The zero-order chi connectivity index (χ0) is 20.8. The van der Waals surface area contributed by atoms with Crippen LogP contribution in [0, 0.1) is 11.8 Å². The molecular weight excluding hydrogens is 352 g/mol. The molecule has 0 amide bonds. The lowest BCUT2D eigenvalue weighted by Crippen LogP contribution is -2.39. The summed E-state index contributed by atoms with van der Waals surface area (Å²) in [5, 5.41) is 10.4. The average molecular weight is 393 g/mol. The minimum atomic E-state index is -1.36. The Morgan fingerprint density at radius 1 is 1.14 bits per heavy atom. The summed E-state index contributed by atoms with van der Waals surface area (Å²) in [7, 11) is 0. The number of hydrogen-bond donors (Lipinski definition) is 1. The molecule has 0 aromatic rings. The molecule has 3 atom stereocenters. The molecule has 0 aromatic heterocycles. The molecular formula is C24H40O4. The molecule has 28 heavy (non-hydrogen) atoms. The molecule has 1 aliphatic rings. The lowest BCUT2D eigenvalue weighted by Gasteiger charge is -2.24. The van der Waals surface area contributed by atoms with Crippen molar-refractivity contribution in [3.05, 3.63) is 24.3 Å². The Hall–Kier alpha value is -1.42. The summed E-state index contributed by atoms with van der Waals surface area (Å²) in [6.07, 6.45) is 18.1. The second-order valence-electron chi connectivity index (χ2n) is 7.87. The molecule has 1 unspecified atom stereocenters. The molecule has 0 heterocycles. The molecule has 1 aliphatic carbocycles. The van der Waals surface area contributed by atoms with Crippen LogP contribution in [0.5, 0.6) is 0 Å². The zero-order valence-corrected chi connectivity index (χ0v) is 18.1. The third-order valence-electron chi connectivity index (χ3n) is 5.79. The highest BCUT2D eigenvalue weighted by atomic mass is 16.5. The lowest BCUT2D eigenvalue weighted by molar-refractivity contribution is -0.166. The van der Waals surface area contributed by atoms with E-state index in [4.69, 9.17) is 4.74 Å². The summed E-state index contributed by atoms with van der Waals surface area (Å²) in [5.74, 6) is 0.423. The van der Waals surface area contributed by atoms with E-state index in [1.165, 1.54) is 0 Å². The van der Waals surface area contributed by atoms with Gasteiger partial charge in [0, 0.05) is 12.3 Å². The first kappa shape index (κ1) is 24.6. The van der Waals surface area contributed by atoms with Gasteiger partial charge < -0.3 is 9.84 Å². The van der Waals surface area contributed by atoms with Crippen molar-refractivity contribution in [1.82, 2.24) is 0 Å². The van der Waals surface area contributed by atoms with Crippen LogP contribution in [-0.4, -0.2) is 29.1 Å². The Morgan fingerprint density at radius 3 is 2.57 bits per heavy atom. The van der Waals surface area contributed by atoms with Crippen molar-refractivity contribution >= 4 is 11.8 Å². The predicted octanol–water partition coefficient (Wildman–Crippen LogP) is 5.54. The minimum absolute atomic E-state index is 0.151. The van der Waals surface area contributed by atoms with Crippen LogP contribution in [0.3, 0.4) is 0 Å². The van der Waals surface area contributed by atoms with Crippen molar-refractivity contribution in [2.45, 2.75) is 97.0 Å². The highest BCUT2D eigenvalue weighted by molar-refractivity contribution is 5.83. The fraction of sp³-hybridized carbons (Fsp3) is 0.750. The number of ketones is 1. The maximum atomic E-state index is 12.2. The molecule has 1 fully saturated rings. The number of ether oxygens (including phenoxy) is 1. The fourth-order valence-corrected chi connectivity index (χ4v) is 3.93. The van der Waals surface area contributed by atoms with Crippen LogP contribution in [0.25, 0.3) is 0 Å². The van der Waals surface area contributed by atoms with Gasteiger partial charge in [0.05, 0.1) is 6.61 Å². The molecule has 1 saturated carbocycles. The number of unbranched alkanes of at least 4 members (excludes halogenated alkanes) is 3. The van der Waals surface area contributed by atoms with Gasteiger partial charge in [-0.15, -0.1) is 0 Å². The molecule has 4 heteroatoms. The molecule has 0 saturated heterocycles. The summed E-state index contributed by atoms with van der Waals surface area (Å²) in [6, 6.07) is 0. The van der Waals surface area contributed by atoms with Crippen LogP contribution in [0.2, 0.25) is 0 Å². The Labute approximate surface area is 171 Å². The second kappa shape index (κ2) is 13.7. The number of allylic oxidation sites excluding steroid dienone is 4. The molecule has 0 bridgehead atoms. The van der Waals surface area contributed by atoms with Crippen LogP contribution in [0.4, 0.5) is 0 Å². The molecule has 1 N–H and O–H groups in total. The van der Waals surface area contributed by atoms with Gasteiger partial charge in [0.25, 0.3) is 0 Å². The van der Waals surface area contributed by atoms with Gasteiger partial charge in [0.1, 0.15) is 5.78 Å². The highest BCUT2D eigenvalue weighted by Crippen LogP contribution is 2.34. The van der Waals surface area contributed by atoms with Crippen LogP contribution in [-0.2, 0) is 14.3 Å². The number of Topliss-reactive ketones (excluding diaryl/α,β-unsaturated/α-hetero) is 1. The minimum Gasteiger partial charge on any atom is -0.464 e. The fourth-order valence-electron chi connectivity index (χ4n) is 3.93. The van der Waals surface area contributed by atoms with Gasteiger partial charge in [-0.3, -0.25) is 4.79 Å². The quantitative estimate of drug-likeness (QED) is 0.239. The molecule has 0 aromatic carbocycles.